The lowest BCUT2D eigenvalue weighted by Crippen LogP contribution is -2.04. The van der Waals surface area contributed by atoms with Gasteiger partial charge in [0, 0.05) is 6.20 Å². The van der Waals surface area contributed by atoms with Crippen molar-refractivity contribution >= 4 is 21.5 Å². The molecule has 21 heavy (non-hydrogen) atoms. The van der Waals surface area contributed by atoms with Crippen LogP contribution in [0.2, 0.25) is 0 Å². The summed E-state index contributed by atoms with van der Waals surface area (Å²) in [5, 5.41) is 3.87. The molecule has 0 saturated heterocycles. The van der Waals surface area contributed by atoms with Crippen LogP contribution in [0.15, 0.2) is 53.5 Å². The van der Waals surface area contributed by atoms with Gasteiger partial charge in [-0.25, -0.2) is 0 Å². The Kier molecular flexibility index (Phi) is 9.61. The number of fused-ring (bicyclic) bond motifs is 3. The first-order valence-electron chi connectivity index (χ1n) is 7.85. The van der Waals surface area contributed by atoms with Gasteiger partial charge < -0.3 is 4.98 Å². The molecule has 114 valence electrons. The fourth-order valence-electron chi connectivity index (χ4n) is 1.96. The predicted octanol–water partition coefficient (Wildman–Crippen LogP) is 5.76. The van der Waals surface area contributed by atoms with Crippen LogP contribution in [-0.2, 0) is 0 Å². The molecule has 3 rings (SSSR count). The van der Waals surface area contributed by atoms with E-state index in [1.54, 1.807) is 6.20 Å². The molecule has 2 heteroatoms. The normalized spacial score (nSPS) is 8.67. The fourth-order valence-corrected chi connectivity index (χ4v) is 1.96. The van der Waals surface area contributed by atoms with Crippen molar-refractivity contribution in [2.24, 2.45) is 0 Å². The highest BCUT2D eigenvalue weighted by Crippen LogP contribution is 2.21. The van der Waals surface area contributed by atoms with Crippen molar-refractivity contribution in [1.82, 2.24) is 4.98 Å². The Bertz CT molecular complexity index is 698. The highest BCUT2D eigenvalue weighted by molar-refractivity contribution is 6.06. The third-order valence-corrected chi connectivity index (χ3v) is 2.67. The number of H-pyrrole nitrogens is 1. The molecule has 1 aromatic heterocycles. The summed E-state index contributed by atoms with van der Waals surface area (Å²) in [5.41, 5.74) is -0.0238. The van der Waals surface area contributed by atoms with E-state index in [0.29, 0.717) is 0 Å². The summed E-state index contributed by atoms with van der Waals surface area (Å²) in [4.78, 5) is 14.4. The molecule has 0 fully saturated rings. The predicted molar refractivity (Wildman–Crippen MR) is 96.1 cm³/mol. The molecule has 0 spiro atoms. The Labute approximate surface area is 127 Å². The van der Waals surface area contributed by atoms with Gasteiger partial charge in [0.2, 0.25) is 0 Å². The summed E-state index contributed by atoms with van der Waals surface area (Å²) in [6, 6.07) is 13.9. The van der Waals surface area contributed by atoms with Gasteiger partial charge in [0.05, 0.1) is 5.39 Å². The Morgan fingerprint density at radius 2 is 1.29 bits per heavy atom. The van der Waals surface area contributed by atoms with Gasteiger partial charge in [-0.15, -0.1) is 0 Å². The van der Waals surface area contributed by atoms with Crippen LogP contribution < -0.4 is 5.56 Å². The van der Waals surface area contributed by atoms with E-state index < -0.39 is 0 Å². The quantitative estimate of drug-likeness (QED) is 0.523. The molecule has 0 amide bonds. The number of benzene rings is 2. The molecule has 1 heterocycles. The average molecular weight is 285 g/mol. The Morgan fingerprint density at radius 1 is 0.714 bits per heavy atom. The number of rotatable bonds is 0. The summed E-state index contributed by atoms with van der Waals surface area (Å²) in [5.74, 6) is 0. The van der Waals surface area contributed by atoms with E-state index in [2.05, 4.69) is 4.98 Å². The van der Waals surface area contributed by atoms with Crippen LogP contribution in [-0.4, -0.2) is 4.98 Å². The molecule has 2 aromatic carbocycles. The van der Waals surface area contributed by atoms with Gasteiger partial charge in [0.25, 0.3) is 5.56 Å². The first-order valence-corrected chi connectivity index (χ1v) is 7.85. The number of aromatic amines is 1. The van der Waals surface area contributed by atoms with Crippen LogP contribution in [0.1, 0.15) is 41.5 Å². The maximum atomic E-state index is 11.7. The van der Waals surface area contributed by atoms with Crippen LogP contribution in [0.5, 0.6) is 0 Å². The smallest absolute Gasteiger partial charge is 0.256 e. The van der Waals surface area contributed by atoms with Crippen molar-refractivity contribution in [3.63, 3.8) is 0 Å². The monoisotopic (exact) mass is 285 g/mol. The van der Waals surface area contributed by atoms with Crippen molar-refractivity contribution in [1.29, 1.82) is 0 Å². The molecule has 0 saturated carbocycles. The van der Waals surface area contributed by atoms with E-state index >= 15 is 0 Å². The van der Waals surface area contributed by atoms with Crippen LogP contribution >= 0.6 is 0 Å². The second kappa shape index (κ2) is 10.7. The molecule has 0 aliphatic heterocycles. The highest BCUT2D eigenvalue weighted by atomic mass is 16.1. The minimum absolute atomic E-state index is 0.0238. The number of pyridine rings is 1. The number of aromatic nitrogens is 1. The molecule has 0 bridgehead atoms. The van der Waals surface area contributed by atoms with Crippen molar-refractivity contribution in [2.45, 2.75) is 41.5 Å². The summed E-state index contributed by atoms with van der Waals surface area (Å²) < 4.78 is 0. The van der Waals surface area contributed by atoms with Gasteiger partial charge >= 0.3 is 0 Å². The molecule has 1 N–H and O–H groups in total. The lowest BCUT2D eigenvalue weighted by Gasteiger charge is -2.01. The van der Waals surface area contributed by atoms with E-state index in [9.17, 15) is 4.79 Å². The van der Waals surface area contributed by atoms with Gasteiger partial charge in [0.1, 0.15) is 0 Å². The zero-order valence-electron chi connectivity index (χ0n) is 14.0. The zero-order chi connectivity index (χ0) is 16.3. The second-order valence-corrected chi connectivity index (χ2v) is 3.56. The standard InChI is InChI=1S/C13H9NO.3C2H6/c15-13-12-10(7-8-14-13)6-5-9-3-1-2-4-11(9)12;3*1-2/h1-8H,(H,14,15);3*1-2H3. The Morgan fingerprint density at radius 3 is 1.95 bits per heavy atom. The molecule has 0 aliphatic rings. The average Bonchev–Trinajstić information content (AvgIpc) is 2.60. The van der Waals surface area contributed by atoms with Crippen molar-refractivity contribution < 1.29 is 0 Å². The van der Waals surface area contributed by atoms with Crippen LogP contribution in [0, 0.1) is 0 Å². The topological polar surface area (TPSA) is 32.9 Å². The third kappa shape index (κ3) is 4.45. The van der Waals surface area contributed by atoms with Crippen molar-refractivity contribution in [3.8, 4) is 0 Å². The van der Waals surface area contributed by atoms with Crippen molar-refractivity contribution in [3.05, 3.63) is 59.0 Å². The highest BCUT2D eigenvalue weighted by Gasteiger charge is 2.02. The third-order valence-electron chi connectivity index (χ3n) is 2.67. The summed E-state index contributed by atoms with van der Waals surface area (Å²) >= 11 is 0. The molecule has 3 aromatic rings. The van der Waals surface area contributed by atoms with E-state index in [-0.39, 0.29) is 5.56 Å². The van der Waals surface area contributed by atoms with Gasteiger partial charge in [-0.05, 0) is 22.2 Å². The van der Waals surface area contributed by atoms with Gasteiger partial charge in [-0.3, -0.25) is 4.79 Å². The summed E-state index contributed by atoms with van der Waals surface area (Å²) in [6.45, 7) is 12.0. The Hall–Kier alpha value is -2.09. The fraction of sp³-hybridized carbons (Fsp3) is 0.316. The first kappa shape index (κ1) is 18.9. The second-order valence-electron chi connectivity index (χ2n) is 3.56. The maximum absolute atomic E-state index is 11.7. The molecular formula is C19H27NO. The molecule has 0 atom stereocenters. The minimum atomic E-state index is -0.0238. The van der Waals surface area contributed by atoms with Gasteiger partial charge in [-0.2, -0.15) is 0 Å². The largest absolute Gasteiger partial charge is 0.329 e. The van der Waals surface area contributed by atoms with Gasteiger partial charge in [0.15, 0.2) is 0 Å². The minimum Gasteiger partial charge on any atom is -0.329 e. The van der Waals surface area contributed by atoms with Gasteiger partial charge in [-0.1, -0.05) is 77.9 Å². The summed E-state index contributed by atoms with van der Waals surface area (Å²) in [6.07, 6.45) is 1.68. The molecule has 0 aliphatic carbocycles. The van der Waals surface area contributed by atoms with E-state index in [1.807, 2.05) is 84.0 Å². The SMILES string of the molecule is CC.CC.CC.O=c1[nH]ccc2ccc3ccccc3c12. The lowest BCUT2D eigenvalue weighted by atomic mass is 10.0. The lowest BCUT2D eigenvalue weighted by molar-refractivity contribution is 1.28. The molecule has 0 unspecified atom stereocenters. The molecule has 0 radical (unpaired) electrons. The van der Waals surface area contributed by atoms with Crippen molar-refractivity contribution in [2.75, 3.05) is 0 Å². The van der Waals surface area contributed by atoms with E-state index in [1.165, 1.54) is 0 Å². The number of hydrogen-bond acceptors (Lipinski definition) is 1. The van der Waals surface area contributed by atoms with Crippen LogP contribution in [0.4, 0.5) is 0 Å². The number of nitrogens with one attached hydrogen (secondary N) is 1. The van der Waals surface area contributed by atoms with E-state index in [0.717, 1.165) is 21.5 Å². The zero-order valence-corrected chi connectivity index (χ0v) is 14.0. The van der Waals surface area contributed by atoms with E-state index in [4.69, 9.17) is 0 Å². The summed E-state index contributed by atoms with van der Waals surface area (Å²) in [7, 11) is 0. The molecular weight excluding hydrogens is 258 g/mol. The number of hydrogen-bond donors (Lipinski definition) is 1. The maximum Gasteiger partial charge on any atom is 0.256 e. The molecule has 2 nitrogen and oxygen atoms in total. The Balaban J connectivity index is 0.000000598. The van der Waals surface area contributed by atoms with Crippen LogP contribution in [0.3, 0.4) is 0 Å². The van der Waals surface area contributed by atoms with Crippen LogP contribution in [0.25, 0.3) is 21.5 Å². The first-order chi connectivity index (χ1) is 10.4.